The van der Waals surface area contributed by atoms with E-state index in [9.17, 15) is 19.5 Å². The van der Waals surface area contributed by atoms with Crippen molar-refractivity contribution >= 4 is 39.9 Å². The monoisotopic (exact) mass is 624 g/mol. The minimum Gasteiger partial charge on any atom is -0.507 e. The van der Waals surface area contributed by atoms with Gasteiger partial charge in [-0.1, -0.05) is 66.5 Å². The van der Waals surface area contributed by atoms with E-state index in [2.05, 4.69) is 11.6 Å². The van der Waals surface area contributed by atoms with Gasteiger partial charge in [-0.25, -0.2) is 9.78 Å². The molecule has 0 radical (unpaired) electrons. The molecule has 1 N–H and O–H groups in total. The minimum absolute atomic E-state index is 0.0116. The fourth-order valence-electron chi connectivity index (χ4n) is 4.98. The third-order valence-electron chi connectivity index (χ3n) is 7.15. The Balaban J connectivity index is 1.56. The standard InChI is InChI=1S/C35H32N2O7S/c1-5-18-43-34(41)32-22(4)36-35(45-32)37-29(24-12-15-26(16-13-24)42-6-2)28(31(39)33(37)40)30(38)25-14-17-27(21(3)19-25)44-20-23-10-8-7-9-11-23/h5,7-17,19,29,38H,1,6,18,20H2,2-4H3/b30-28+/t29-/m0/s1. The molecule has 0 aliphatic carbocycles. The number of amides is 1. The van der Waals surface area contributed by atoms with E-state index >= 15 is 0 Å². The van der Waals surface area contributed by atoms with Crippen LogP contribution in [-0.4, -0.2) is 41.0 Å². The highest BCUT2D eigenvalue weighted by Gasteiger charge is 2.48. The second-order valence-electron chi connectivity index (χ2n) is 10.2. The SMILES string of the molecule is C=CCOC(=O)c1sc(N2C(=O)C(=O)/C(=C(/O)c3ccc(OCc4ccccc4)c(C)c3)[C@@H]2c2ccc(OCC)cc2)nc1C. The molecule has 10 heteroatoms. The molecule has 9 nitrogen and oxygen atoms in total. The molecular formula is C35H32N2O7S. The maximum absolute atomic E-state index is 13.7. The topological polar surface area (TPSA) is 115 Å². The highest BCUT2D eigenvalue weighted by Crippen LogP contribution is 2.44. The van der Waals surface area contributed by atoms with Crippen LogP contribution in [0, 0.1) is 13.8 Å². The number of aliphatic hydroxyl groups excluding tert-OH is 1. The van der Waals surface area contributed by atoms with E-state index in [4.69, 9.17) is 14.2 Å². The van der Waals surface area contributed by atoms with Crippen molar-refractivity contribution in [1.29, 1.82) is 0 Å². The number of Topliss-reactive ketones (excluding diaryl/α,β-unsaturated/α-hetero) is 1. The van der Waals surface area contributed by atoms with Gasteiger partial charge in [0.05, 0.1) is 23.9 Å². The molecule has 1 saturated heterocycles. The molecule has 5 rings (SSSR count). The normalized spacial score (nSPS) is 15.6. The summed E-state index contributed by atoms with van der Waals surface area (Å²) in [5, 5.41) is 11.7. The zero-order valence-corrected chi connectivity index (χ0v) is 25.9. The van der Waals surface area contributed by atoms with Crippen LogP contribution in [-0.2, 0) is 20.9 Å². The van der Waals surface area contributed by atoms with Crippen LogP contribution in [0.3, 0.4) is 0 Å². The number of anilines is 1. The molecule has 0 unspecified atom stereocenters. The summed E-state index contributed by atoms with van der Waals surface area (Å²) in [6, 6.07) is 20.7. The van der Waals surface area contributed by atoms with Gasteiger partial charge in [0.25, 0.3) is 5.78 Å². The van der Waals surface area contributed by atoms with Crippen LogP contribution in [0.15, 0.2) is 91.0 Å². The Kier molecular flexibility index (Phi) is 9.44. The van der Waals surface area contributed by atoms with E-state index < -0.39 is 23.7 Å². The first-order valence-corrected chi connectivity index (χ1v) is 15.1. The Bertz CT molecular complexity index is 1780. The summed E-state index contributed by atoms with van der Waals surface area (Å²) in [4.78, 5) is 45.8. The summed E-state index contributed by atoms with van der Waals surface area (Å²) >= 11 is 0.936. The number of aliphatic hydroxyl groups is 1. The lowest BCUT2D eigenvalue weighted by Crippen LogP contribution is -2.29. The first-order chi connectivity index (χ1) is 21.7. The van der Waals surface area contributed by atoms with Gasteiger partial charge in [-0.15, -0.1) is 0 Å². The van der Waals surface area contributed by atoms with Gasteiger partial charge in [0.1, 0.15) is 35.3 Å². The van der Waals surface area contributed by atoms with Crippen LogP contribution < -0.4 is 14.4 Å². The second-order valence-corrected chi connectivity index (χ2v) is 11.2. The Hall–Kier alpha value is -5.22. The summed E-state index contributed by atoms with van der Waals surface area (Å²) in [7, 11) is 0. The molecule has 0 spiro atoms. The fourth-order valence-corrected chi connectivity index (χ4v) is 5.97. The summed E-state index contributed by atoms with van der Waals surface area (Å²) in [5.74, 6) is -1.49. The number of hydrogen-bond acceptors (Lipinski definition) is 9. The molecule has 2 heterocycles. The van der Waals surface area contributed by atoms with E-state index in [1.54, 1.807) is 49.4 Å². The summed E-state index contributed by atoms with van der Waals surface area (Å²) in [6.45, 7) is 9.72. The molecule has 3 aromatic carbocycles. The zero-order valence-electron chi connectivity index (χ0n) is 25.1. The third kappa shape index (κ3) is 6.51. The Morgan fingerprint density at radius 3 is 2.44 bits per heavy atom. The van der Waals surface area contributed by atoms with Crippen LogP contribution in [0.2, 0.25) is 0 Å². The summed E-state index contributed by atoms with van der Waals surface area (Å²) in [5.41, 5.74) is 2.87. The first kappa shape index (κ1) is 31.2. The maximum atomic E-state index is 13.7. The number of ketones is 1. The lowest BCUT2D eigenvalue weighted by Gasteiger charge is -2.23. The average molecular weight is 625 g/mol. The number of thiazole rings is 1. The highest BCUT2D eigenvalue weighted by molar-refractivity contribution is 7.17. The Labute approximate surface area is 265 Å². The van der Waals surface area contributed by atoms with Crippen LogP contribution >= 0.6 is 11.3 Å². The lowest BCUT2D eigenvalue weighted by atomic mass is 9.95. The summed E-state index contributed by atoms with van der Waals surface area (Å²) in [6.07, 6.45) is 1.45. The van der Waals surface area contributed by atoms with E-state index in [1.807, 2.05) is 44.2 Å². The minimum atomic E-state index is -1.03. The van der Waals surface area contributed by atoms with Crippen LogP contribution in [0.1, 0.15) is 50.6 Å². The highest BCUT2D eigenvalue weighted by atomic mass is 32.1. The lowest BCUT2D eigenvalue weighted by molar-refractivity contribution is -0.132. The van der Waals surface area contributed by atoms with Gasteiger partial charge in [0.15, 0.2) is 5.13 Å². The van der Waals surface area contributed by atoms with E-state index in [0.29, 0.717) is 41.5 Å². The molecule has 45 heavy (non-hydrogen) atoms. The Morgan fingerprint density at radius 2 is 1.78 bits per heavy atom. The van der Waals surface area contributed by atoms with Crippen molar-refractivity contribution in [1.82, 2.24) is 4.98 Å². The number of esters is 1. The zero-order chi connectivity index (χ0) is 32.1. The maximum Gasteiger partial charge on any atom is 0.350 e. The molecule has 1 aliphatic heterocycles. The summed E-state index contributed by atoms with van der Waals surface area (Å²) < 4.78 is 16.7. The van der Waals surface area contributed by atoms with Gasteiger partial charge in [-0.2, -0.15) is 0 Å². The molecule has 1 amide bonds. The predicted molar refractivity (Wildman–Crippen MR) is 172 cm³/mol. The van der Waals surface area contributed by atoms with Gasteiger partial charge in [0, 0.05) is 5.56 Å². The van der Waals surface area contributed by atoms with Crippen LogP contribution in [0.5, 0.6) is 11.5 Å². The quantitative estimate of drug-likeness (QED) is 0.0644. The number of benzene rings is 3. The number of carbonyl (C=O) groups excluding carboxylic acids is 3. The van der Waals surface area contributed by atoms with E-state index in [1.165, 1.54) is 11.0 Å². The molecule has 1 aromatic heterocycles. The predicted octanol–water partition coefficient (Wildman–Crippen LogP) is 6.71. The number of nitrogens with zero attached hydrogens (tertiary/aromatic N) is 2. The molecule has 0 saturated carbocycles. The number of hydrogen-bond donors (Lipinski definition) is 1. The largest absolute Gasteiger partial charge is 0.507 e. The van der Waals surface area contributed by atoms with Crippen molar-refractivity contribution < 1.29 is 33.7 Å². The number of aryl methyl sites for hydroxylation is 2. The molecule has 4 aromatic rings. The van der Waals surface area contributed by atoms with Gasteiger partial charge < -0.3 is 19.3 Å². The molecule has 1 fully saturated rings. The van der Waals surface area contributed by atoms with Crippen LogP contribution in [0.4, 0.5) is 5.13 Å². The van der Waals surface area contributed by atoms with Crippen LogP contribution in [0.25, 0.3) is 5.76 Å². The van der Waals surface area contributed by atoms with Crippen molar-refractivity contribution in [2.24, 2.45) is 0 Å². The van der Waals surface area contributed by atoms with Gasteiger partial charge >= 0.3 is 11.9 Å². The van der Waals surface area contributed by atoms with Gasteiger partial charge in [0.2, 0.25) is 0 Å². The van der Waals surface area contributed by atoms with Crippen molar-refractivity contribution in [2.45, 2.75) is 33.4 Å². The van der Waals surface area contributed by atoms with Gasteiger partial charge in [-0.3, -0.25) is 14.5 Å². The average Bonchev–Trinajstić information content (AvgIpc) is 3.55. The molecular weight excluding hydrogens is 592 g/mol. The van der Waals surface area contributed by atoms with Crippen molar-refractivity contribution in [2.75, 3.05) is 18.1 Å². The van der Waals surface area contributed by atoms with Crippen molar-refractivity contribution in [3.8, 4) is 11.5 Å². The van der Waals surface area contributed by atoms with Crippen molar-refractivity contribution in [3.05, 3.63) is 124 Å². The van der Waals surface area contributed by atoms with E-state index in [0.717, 1.165) is 22.5 Å². The third-order valence-corrected chi connectivity index (χ3v) is 8.28. The number of aromatic nitrogens is 1. The van der Waals surface area contributed by atoms with Gasteiger partial charge in [-0.05, 0) is 67.8 Å². The molecule has 1 atom stereocenters. The van der Waals surface area contributed by atoms with E-state index in [-0.39, 0.29) is 27.9 Å². The molecule has 0 bridgehead atoms. The smallest absolute Gasteiger partial charge is 0.350 e. The Morgan fingerprint density at radius 1 is 1.04 bits per heavy atom. The number of carbonyl (C=O) groups is 3. The fraction of sp³-hybridized carbons (Fsp3) is 0.200. The van der Waals surface area contributed by atoms with Crippen molar-refractivity contribution in [3.63, 3.8) is 0 Å². The second kappa shape index (κ2) is 13.6. The number of rotatable bonds is 11. The molecule has 1 aliphatic rings. The molecule has 230 valence electrons. The first-order valence-electron chi connectivity index (χ1n) is 14.3. The number of ether oxygens (including phenoxy) is 3.